The Morgan fingerprint density at radius 1 is 1.53 bits per heavy atom. The van der Waals surface area contributed by atoms with Crippen LogP contribution in [-0.4, -0.2) is 28.5 Å². The molecule has 102 valence electrons. The predicted molar refractivity (Wildman–Crippen MR) is 74.6 cm³/mol. The Hall–Kier alpha value is -1.20. The van der Waals surface area contributed by atoms with Gasteiger partial charge >= 0.3 is 5.97 Å². The zero-order valence-corrected chi connectivity index (χ0v) is 11.8. The lowest BCUT2D eigenvalue weighted by Gasteiger charge is -2.20. The summed E-state index contributed by atoms with van der Waals surface area (Å²) in [7, 11) is 0. The fourth-order valence-electron chi connectivity index (χ4n) is 2.64. The van der Waals surface area contributed by atoms with Gasteiger partial charge in [-0.05, 0) is 19.4 Å². The molecule has 5 heteroatoms. The summed E-state index contributed by atoms with van der Waals surface area (Å²) >= 11 is 1.63. The highest BCUT2D eigenvalue weighted by molar-refractivity contribution is 7.99. The van der Waals surface area contributed by atoms with Gasteiger partial charge in [-0.15, -0.1) is 11.8 Å². The second kappa shape index (κ2) is 4.42. The largest absolute Gasteiger partial charge is 0.487 e. The van der Waals surface area contributed by atoms with Gasteiger partial charge in [0.2, 0.25) is 0 Å². The molecule has 2 aliphatic rings. The Labute approximate surface area is 116 Å². The van der Waals surface area contributed by atoms with Crippen LogP contribution in [0.25, 0.3) is 0 Å². The molecule has 0 bridgehead atoms. The number of hydrogen-bond acceptors (Lipinski definition) is 4. The lowest BCUT2D eigenvalue weighted by molar-refractivity contribution is -0.138. The van der Waals surface area contributed by atoms with Crippen LogP contribution >= 0.6 is 11.8 Å². The molecule has 2 heterocycles. The Morgan fingerprint density at radius 2 is 2.32 bits per heavy atom. The molecule has 3 rings (SSSR count). The van der Waals surface area contributed by atoms with Crippen LogP contribution in [0.5, 0.6) is 5.75 Å². The summed E-state index contributed by atoms with van der Waals surface area (Å²) in [6.45, 7) is 4.15. The van der Waals surface area contributed by atoms with Crippen LogP contribution in [0.3, 0.4) is 0 Å². The molecule has 0 aliphatic carbocycles. The van der Waals surface area contributed by atoms with Crippen molar-refractivity contribution in [3.8, 4) is 5.75 Å². The third kappa shape index (κ3) is 2.32. The summed E-state index contributed by atoms with van der Waals surface area (Å²) in [6.07, 6.45) is 0.899. The molecule has 0 saturated carbocycles. The fourth-order valence-corrected chi connectivity index (χ4v) is 3.89. The van der Waals surface area contributed by atoms with E-state index in [1.165, 1.54) is 5.56 Å². The number of fused-ring (bicyclic) bond motifs is 1. The topological polar surface area (TPSA) is 58.6 Å². The van der Waals surface area contributed by atoms with E-state index in [4.69, 9.17) is 9.84 Å². The number of rotatable bonds is 2. The molecule has 0 amide bonds. The highest BCUT2D eigenvalue weighted by Crippen LogP contribution is 2.44. The van der Waals surface area contributed by atoms with Gasteiger partial charge in [0.05, 0.1) is 5.37 Å². The quantitative estimate of drug-likeness (QED) is 0.869. The smallest absolute Gasteiger partial charge is 0.321 e. The third-order valence-electron chi connectivity index (χ3n) is 3.48. The molecule has 0 aromatic heterocycles. The number of carboxylic acids is 1. The first kappa shape index (κ1) is 12.8. The third-order valence-corrected chi connectivity index (χ3v) is 4.73. The number of benzene rings is 1. The maximum absolute atomic E-state index is 11.0. The minimum absolute atomic E-state index is 0.00458. The second-order valence-corrected chi connectivity index (χ2v) is 6.78. The van der Waals surface area contributed by atoms with E-state index < -0.39 is 12.0 Å². The van der Waals surface area contributed by atoms with E-state index in [-0.39, 0.29) is 11.0 Å². The highest BCUT2D eigenvalue weighted by atomic mass is 32.2. The Bertz CT molecular complexity index is 529. The van der Waals surface area contributed by atoms with Crippen LogP contribution in [0.15, 0.2) is 18.2 Å². The first-order valence-corrected chi connectivity index (χ1v) is 7.42. The van der Waals surface area contributed by atoms with Crippen LogP contribution < -0.4 is 10.1 Å². The van der Waals surface area contributed by atoms with Gasteiger partial charge in [0.25, 0.3) is 0 Å². The number of para-hydroxylation sites is 1. The Morgan fingerprint density at radius 3 is 3.00 bits per heavy atom. The lowest BCUT2D eigenvalue weighted by atomic mass is 10.0. The molecule has 1 aromatic rings. The van der Waals surface area contributed by atoms with Gasteiger partial charge in [-0.2, -0.15) is 0 Å². The van der Waals surface area contributed by atoms with E-state index in [1.807, 2.05) is 12.1 Å². The minimum atomic E-state index is -0.788. The van der Waals surface area contributed by atoms with Crippen LogP contribution in [0.1, 0.15) is 30.3 Å². The Balaban J connectivity index is 1.88. The van der Waals surface area contributed by atoms with E-state index in [1.54, 1.807) is 11.8 Å². The molecule has 0 spiro atoms. The highest BCUT2D eigenvalue weighted by Gasteiger charge is 2.36. The lowest BCUT2D eigenvalue weighted by Crippen LogP contribution is -2.33. The van der Waals surface area contributed by atoms with E-state index in [0.29, 0.717) is 5.75 Å². The maximum Gasteiger partial charge on any atom is 0.321 e. The molecule has 4 nitrogen and oxygen atoms in total. The normalized spacial score (nSPS) is 27.9. The van der Waals surface area contributed by atoms with Crippen molar-refractivity contribution in [2.75, 3.05) is 5.75 Å². The number of aliphatic carboxylic acids is 1. The van der Waals surface area contributed by atoms with Crippen LogP contribution in [-0.2, 0) is 11.2 Å². The van der Waals surface area contributed by atoms with Crippen LogP contribution in [0.4, 0.5) is 0 Å². The number of thioether (sulfide) groups is 1. The summed E-state index contributed by atoms with van der Waals surface area (Å²) in [6, 6.07) is 5.66. The van der Waals surface area contributed by atoms with Gasteiger partial charge in [0.15, 0.2) is 0 Å². The summed E-state index contributed by atoms with van der Waals surface area (Å²) in [5, 5.41) is 12.2. The van der Waals surface area contributed by atoms with Gasteiger partial charge in [-0.1, -0.05) is 18.2 Å². The molecular formula is C14H17NO3S. The van der Waals surface area contributed by atoms with Gasteiger partial charge in [0.1, 0.15) is 17.4 Å². The zero-order valence-electron chi connectivity index (χ0n) is 11.0. The predicted octanol–water partition coefficient (Wildman–Crippen LogP) is 2.19. The molecule has 2 unspecified atom stereocenters. The molecule has 0 radical (unpaired) electrons. The zero-order chi connectivity index (χ0) is 13.6. The molecular weight excluding hydrogens is 262 g/mol. The van der Waals surface area contributed by atoms with E-state index in [2.05, 4.69) is 25.2 Å². The van der Waals surface area contributed by atoms with Crippen molar-refractivity contribution in [3.05, 3.63) is 29.3 Å². The molecule has 1 aromatic carbocycles. The van der Waals surface area contributed by atoms with Gasteiger partial charge in [-0.25, -0.2) is 0 Å². The summed E-state index contributed by atoms with van der Waals surface area (Å²) in [5.41, 5.74) is 2.11. The average molecular weight is 279 g/mol. The minimum Gasteiger partial charge on any atom is -0.487 e. The van der Waals surface area contributed by atoms with Crippen molar-refractivity contribution in [3.63, 3.8) is 0 Å². The van der Waals surface area contributed by atoms with Crippen LogP contribution in [0.2, 0.25) is 0 Å². The molecule has 19 heavy (non-hydrogen) atoms. The van der Waals surface area contributed by atoms with Crippen molar-refractivity contribution >= 4 is 17.7 Å². The molecule has 2 aliphatic heterocycles. The van der Waals surface area contributed by atoms with Crippen molar-refractivity contribution < 1.29 is 14.6 Å². The SMILES string of the molecule is CC1(C)Cc2cccc(C3NC(C(=O)O)CS3)c2O1. The summed E-state index contributed by atoms with van der Waals surface area (Å²) < 4.78 is 6.03. The maximum atomic E-state index is 11.0. The van der Waals surface area contributed by atoms with Gasteiger partial charge in [-0.3, -0.25) is 10.1 Å². The standard InChI is InChI=1S/C14H17NO3S/c1-14(2)6-8-4-3-5-9(11(8)18-14)12-15-10(7-19-12)13(16)17/h3-5,10,12,15H,6-7H2,1-2H3,(H,16,17). The van der Waals surface area contributed by atoms with Crippen molar-refractivity contribution in [1.29, 1.82) is 0 Å². The number of carbonyl (C=O) groups is 1. The number of ether oxygens (including phenoxy) is 1. The molecule has 1 saturated heterocycles. The fraction of sp³-hybridized carbons (Fsp3) is 0.500. The molecule has 2 atom stereocenters. The number of nitrogens with one attached hydrogen (secondary N) is 1. The monoisotopic (exact) mass is 279 g/mol. The summed E-state index contributed by atoms with van der Waals surface area (Å²) in [4.78, 5) is 11.0. The van der Waals surface area contributed by atoms with Crippen LogP contribution in [0, 0.1) is 0 Å². The second-order valence-electron chi connectivity index (χ2n) is 5.64. The number of carboxylic acid groups (broad SMARTS) is 1. The molecule has 1 fully saturated rings. The van der Waals surface area contributed by atoms with Gasteiger partial charge in [0, 0.05) is 17.7 Å². The van der Waals surface area contributed by atoms with Crippen molar-refractivity contribution in [2.45, 2.75) is 37.3 Å². The number of hydrogen-bond donors (Lipinski definition) is 2. The van der Waals surface area contributed by atoms with E-state index in [0.717, 1.165) is 17.7 Å². The van der Waals surface area contributed by atoms with Crippen molar-refractivity contribution in [1.82, 2.24) is 5.32 Å². The first-order chi connectivity index (χ1) is 8.96. The van der Waals surface area contributed by atoms with Crippen molar-refractivity contribution in [2.24, 2.45) is 0 Å². The average Bonchev–Trinajstić information content (AvgIpc) is 2.90. The Kier molecular flexibility index (Phi) is 2.98. The molecule has 2 N–H and O–H groups in total. The van der Waals surface area contributed by atoms with E-state index in [9.17, 15) is 4.79 Å². The van der Waals surface area contributed by atoms with Gasteiger partial charge < -0.3 is 9.84 Å². The first-order valence-electron chi connectivity index (χ1n) is 6.37. The van der Waals surface area contributed by atoms with E-state index >= 15 is 0 Å². The summed E-state index contributed by atoms with van der Waals surface area (Å²) in [5.74, 6) is 0.736.